The molecule has 1 heterocycles. The number of hydrogen-bond donors (Lipinski definition) is 0. The highest BCUT2D eigenvalue weighted by Gasteiger charge is 2.26. The van der Waals surface area contributed by atoms with Crippen LogP contribution in [0.1, 0.15) is 42.9 Å². The molecule has 0 radical (unpaired) electrons. The molecule has 0 spiro atoms. The van der Waals surface area contributed by atoms with Gasteiger partial charge < -0.3 is 4.90 Å². The Kier molecular flexibility index (Phi) is 7.10. The maximum Gasteiger partial charge on any atom is 0.262 e. The number of fused-ring (bicyclic) bond motifs is 1. The van der Waals surface area contributed by atoms with E-state index in [1.165, 1.54) is 30.2 Å². The molecule has 1 aliphatic rings. The number of para-hydroxylation sites is 1. The second kappa shape index (κ2) is 10.2. The molecule has 1 unspecified atom stereocenters. The number of carbonyl (C=O) groups excluding carboxylic acids is 1. The Morgan fingerprint density at radius 2 is 1.84 bits per heavy atom. The Morgan fingerprint density at radius 1 is 1.09 bits per heavy atom. The van der Waals surface area contributed by atoms with E-state index in [9.17, 15) is 9.59 Å². The number of rotatable bonds is 7. The molecule has 32 heavy (non-hydrogen) atoms. The van der Waals surface area contributed by atoms with Gasteiger partial charge in [0.15, 0.2) is 5.16 Å². The minimum absolute atomic E-state index is 0.0230. The molecule has 1 atom stereocenters. The van der Waals surface area contributed by atoms with Crippen LogP contribution in [0.4, 0.5) is 0 Å². The lowest BCUT2D eigenvalue weighted by Gasteiger charge is -2.22. The molecule has 0 N–H and O–H groups in total. The minimum Gasteiger partial charge on any atom is -0.348 e. The van der Waals surface area contributed by atoms with Crippen LogP contribution in [-0.4, -0.2) is 34.5 Å². The standard InChI is InChI=1S/C26H29N3O2S/c1-28(2)25(31)23(20-13-7-4-8-14-20)32-26-27-22-16-10-9-15-21(22)24(30)29(26)18-17-19-11-5-3-6-12-19/h4,7-11,13-16,23H,3,5-6,12,17-18H2,1-2H3. The maximum atomic E-state index is 13.4. The number of benzene rings is 2. The van der Waals surface area contributed by atoms with Gasteiger partial charge in [-0.25, -0.2) is 4.98 Å². The van der Waals surface area contributed by atoms with Crippen LogP contribution in [0.25, 0.3) is 10.9 Å². The summed E-state index contributed by atoms with van der Waals surface area (Å²) in [6.07, 6.45) is 7.84. The van der Waals surface area contributed by atoms with Gasteiger partial charge in [0, 0.05) is 20.6 Å². The van der Waals surface area contributed by atoms with E-state index in [1.807, 2.05) is 54.6 Å². The number of allylic oxidation sites excluding steroid dienone is 2. The fourth-order valence-electron chi connectivity index (χ4n) is 4.05. The zero-order chi connectivity index (χ0) is 22.5. The van der Waals surface area contributed by atoms with Gasteiger partial charge in [-0.2, -0.15) is 0 Å². The lowest BCUT2D eigenvalue weighted by molar-refractivity contribution is -0.128. The summed E-state index contributed by atoms with van der Waals surface area (Å²) in [5.41, 5.74) is 2.94. The normalized spacial score (nSPS) is 14.8. The lowest BCUT2D eigenvalue weighted by Crippen LogP contribution is -2.28. The summed E-state index contributed by atoms with van der Waals surface area (Å²) in [7, 11) is 3.52. The van der Waals surface area contributed by atoms with Crippen molar-refractivity contribution < 1.29 is 4.79 Å². The van der Waals surface area contributed by atoms with Crippen LogP contribution in [-0.2, 0) is 11.3 Å². The largest absolute Gasteiger partial charge is 0.348 e. The molecule has 5 nitrogen and oxygen atoms in total. The fraction of sp³-hybridized carbons (Fsp3) is 0.346. The van der Waals surface area contributed by atoms with Crippen LogP contribution < -0.4 is 5.56 Å². The molecule has 4 rings (SSSR count). The van der Waals surface area contributed by atoms with Crippen molar-refractivity contribution in [2.24, 2.45) is 0 Å². The smallest absolute Gasteiger partial charge is 0.262 e. The van der Waals surface area contributed by atoms with Crippen LogP contribution in [0.3, 0.4) is 0 Å². The number of hydrogen-bond acceptors (Lipinski definition) is 4. The first-order valence-electron chi connectivity index (χ1n) is 11.1. The van der Waals surface area contributed by atoms with Gasteiger partial charge in [0.1, 0.15) is 5.25 Å². The average molecular weight is 448 g/mol. The van der Waals surface area contributed by atoms with Crippen molar-refractivity contribution in [3.63, 3.8) is 0 Å². The molecule has 1 aromatic heterocycles. The van der Waals surface area contributed by atoms with Crippen molar-refractivity contribution >= 4 is 28.6 Å². The van der Waals surface area contributed by atoms with Crippen LogP contribution in [0.2, 0.25) is 0 Å². The molecule has 0 aliphatic heterocycles. The lowest BCUT2D eigenvalue weighted by atomic mass is 9.97. The van der Waals surface area contributed by atoms with E-state index < -0.39 is 5.25 Å². The first kappa shape index (κ1) is 22.3. The highest BCUT2D eigenvalue weighted by Crippen LogP contribution is 2.36. The number of likely N-dealkylation sites (N-methyl/N-ethyl adjacent to an activating group) is 1. The number of thioether (sulfide) groups is 1. The number of carbonyl (C=O) groups is 1. The van der Waals surface area contributed by atoms with Gasteiger partial charge in [-0.15, -0.1) is 0 Å². The molecule has 0 fully saturated rings. The van der Waals surface area contributed by atoms with Gasteiger partial charge in [0.05, 0.1) is 10.9 Å². The van der Waals surface area contributed by atoms with Crippen molar-refractivity contribution in [2.45, 2.75) is 49.1 Å². The highest BCUT2D eigenvalue weighted by atomic mass is 32.2. The molecule has 2 aromatic carbocycles. The summed E-state index contributed by atoms with van der Waals surface area (Å²) >= 11 is 1.36. The molecular formula is C26H29N3O2S. The van der Waals surface area contributed by atoms with Crippen molar-refractivity contribution in [2.75, 3.05) is 14.1 Å². The molecule has 3 aromatic rings. The molecule has 6 heteroatoms. The summed E-state index contributed by atoms with van der Waals surface area (Å²) in [4.78, 5) is 33.0. The van der Waals surface area contributed by atoms with E-state index in [1.54, 1.807) is 23.6 Å². The molecular weight excluding hydrogens is 418 g/mol. The summed E-state index contributed by atoms with van der Waals surface area (Å²) in [5, 5.41) is 0.734. The van der Waals surface area contributed by atoms with Crippen LogP contribution in [0, 0.1) is 0 Å². The van der Waals surface area contributed by atoms with E-state index in [0.717, 1.165) is 24.8 Å². The van der Waals surface area contributed by atoms with Gasteiger partial charge in [-0.3, -0.25) is 14.2 Å². The van der Waals surface area contributed by atoms with E-state index in [4.69, 9.17) is 4.98 Å². The molecule has 1 amide bonds. The Labute approximate surface area is 193 Å². The van der Waals surface area contributed by atoms with E-state index in [-0.39, 0.29) is 11.5 Å². The number of nitrogens with zero attached hydrogens (tertiary/aromatic N) is 3. The van der Waals surface area contributed by atoms with E-state index >= 15 is 0 Å². The third kappa shape index (κ3) is 4.96. The monoisotopic (exact) mass is 447 g/mol. The zero-order valence-electron chi connectivity index (χ0n) is 18.7. The average Bonchev–Trinajstić information content (AvgIpc) is 2.83. The first-order chi connectivity index (χ1) is 15.5. The third-order valence-electron chi connectivity index (χ3n) is 5.86. The van der Waals surface area contributed by atoms with Crippen LogP contribution in [0.15, 0.2) is 76.2 Å². The maximum absolute atomic E-state index is 13.4. The van der Waals surface area contributed by atoms with Gasteiger partial charge in [-0.05, 0) is 49.8 Å². The SMILES string of the molecule is CN(C)C(=O)C(Sc1nc2ccccc2c(=O)n1CCC1=CCCCC1)c1ccccc1. The molecule has 1 aliphatic carbocycles. The molecule has 0 saturated heterocycles. The van der Waals surface area contributed by atoms with Crippen molar-refractivity contribution in [1.82, 2.24) is 14.5 Å². The van der Waals surface area contributed by atoms with Crippen molar-refractivity contribution in [1.29, 1.82) is 0 Å². The second-order valence-corrected chi connectivity index (χ2v) is 9.44. The van der Waals surface area contributed by atoms with Gasteiger partial charge in [0.25, 0.3) is 5.56 Å². The Bertz CT molecular complexity index is 1180. The van der Waals surface area contributed by atoms with Gasteiger partial charge in [0.2, 0.25) is 5.91 Å². The van der Waals surface area contributed by atoms with Crippen molar-refractivity contribution in [3.8, 4) is 0 Å². The molecule has 166 valence electrons. The van der Waals surface area contributed by atoms with Crippen LogP contribution >= 0.6 is 11.8 Å². The Morgan fingerprint density at radius 3 is 2.56 bits per heavy atom. The van der Waals surface area contributed by atoms with Crippen LogP contribution in [0.5, 0.6) is 0 Å². The first-order valence-corrected chi connectivity index (χ1v) is 12.0. The summed E-state index contributed by atoms with van der Waals surface area (Å²) in [5.74, 6) is -0.0230. The van der Waals surface area contributed by atoms with Gasteiger partial charge >= 0.3 is 0 Å². The Balaban J connectivity index is 1.75. The number of aromatic nitrogens is 2. The quantitative estimate of drug-likeness (QED) is 0.283. The van der Waals surface area contributed by atoms with E-state index in [2.05, 4.69) is 6.08 Å². The fourth-order valence-corrected chi connectivity index (χ4v) is 5.32. The van der Waals surface area contributed by atoms with E-state index in [0.29, 0.717) is 22.6 Å². The predicted octanol–water partition coefficient (Wildman–Crippen LogP) is 5.21. The topological polar surface area (TPSA) is 55.2 Å². The molecule has 0 saturated carbocycles. The van der Waals surface area contributed by atoms with Crippen molar-refractivity contribution in [3.05, 3.63) is 82.2 Å². The third-order valence-corrected chi connectivity index (χ3v) is 7.09. The minimum atomic E-state index is -0.473. The summed E-state index contributed by atoms with van der Waals surface area (Å²) in [6, 6.07) is 17.2. The summed E-state index contributed by atoms with van der Waals surface area (Å²) < 4.78 is 1.77. The zero-order valence-corrected chi connectivity index (χ0v) is 19.5. The van der Waals surface area contributed by atoms with Gasteiger partial charge in [-0.1, -0.05) is 65.9 Å². The number of amides is 1. The Hall–Kier alpha value is -2.86. The highest BCUT2D eigenvalue weighted by molar-refractivity contribution is 8.00. The predicted molar refractivity (Wildman–Crippen MR) is 131 cm³/mol. The summed E-state index contributed by atoms with van der Waals surface area (Å²) in [6.45, 7) is 0.572. The molecule has 0 bridgehead atoms. The second-order valence-electron chi connectivity index (χ2n) is 8.37.